The van der Waals surface area contributed by atoms with E-state index in [1.54, 1.807) is 0 Å². The molecule has 1 heterocycles. The average molecular weight is 192 g/mol. The first-order valence-electron chi connectivity index (χ1n) is 5.06. The SMILES string of the molecule is Nc1cccc2c1CCN2CCCO. The summed E-state index contributed by atoms with van der Waals surface area (Å²) in [6.45, 7) is 2.21. The fraction of sp³-hybridized carbons (Fsp3) is 0.455. The molecule has 0 atom stereocenters. The van der Waals surface area contributed by atoms with Crippen LogP contribution in [0.3, 0.4) is 0 Å². The van der Waals surface area contributed by atoms with E-state index >= 15 is 0 Å². The number of aliphatic hydroxyl groups is 1. The van der Waals surface area contributed by atoms with Gasteiger partial charge in [-0.2, -0.15) is 0 Å². The molecule has 0 unspecified atom stereocenters. The summed E-state index contributed by atoms with van der Waals surface area (Å²) in [7, 11) is 0. The van der Waals surface area contributed by atoms with Crippen LogP contribution in [0.15, 0.2) is 18.2 Å². The number of nitrogens with two attached hydrogens (primary N) is 1. The van der Waals surface area contributed by atoms with Crippen LogP contribution in [0.5, 0.6) is 0 Å². The van der Waals surface area contributed by atoms with Crippen molar-refractivity contribution in [3.05, 3.63) is 23.8 Å². The lowest BCUT2D eigenvalue weighted by molar-refractivity contribution is 0.290. The van der Waals surface area contributed by atoms with Gasteiger partial charge in [0, 0.05) is 36.6 Å². The topological polar surface area (TPSA) is 49.5 Å². The second-order valence-corrected chi connectivity index (χ2v) is 3.66. The van der Waals surface area contributed by atoms with Crippen LogP contribution in [-0.4, -0.2) is 24.8 Å². The summed E-state index contributed by atoms with van der Waals surface area (Å²) >= 11 is 0. The Hall–Kier alpha value is -1.22. The molecule has 0 bridgehead atoms. The van der Waals surface area contributed by atoms with Gasteiger partial charge in [0.1, 0.15) is 0 Å². The van der Waals surface area contributed by atoms with Crippen LogP contribution in [0.4, 0.5) is 11.4 Å². The van der Waals surface area contributed by atoms with Gasteiger partial charge in [0.15, 0.2) is 0 Å². The summed E-state index contributed by atoms with van der Waals surface area (Å²) in [6, 6.07) is 6.05. The number of nitrogens with zero attached hydrogens (tertiary/aromatic N) is 1. The lowest BCUT2D eigenvalue weighted by atomic mass is 10.1. The summed E-state index contributed by atoms with van der Waals surface area (Å²) in [6.07, 6.45) is 1.86. The third-order valence-corrected chi connectivity index (χ3v) is 2.75. The van der Waals surface area contributed by atoms with E-state index in [0.29, 0.717) is 0 Å². The van der Waals surface area contributed by atoms with Gasteiger partial charge in [-0.3, -0.25) is 0 Å². The maximum absolute atomic E-state index is 8.78. The Morgan fingerprint density at radius 2 is 2.29 bits per heavy atom. The highest BCUT2D eigenvalue weighted by atomic mass is 16.3. The zero-order valence-electron chi connectivity index (χ0n) is 8.24. The molecule has 0 spiro atoms. The van der Waals surface area contributed by atoms with Crippen molar-refractivity contribution in [3.63, 3.8) is 0 Å². The summed E-state index contributed by atoms with van der Waals surface area (Å²) in [4.78, 5) is 2.29. The van der Waals surface area contributed by atoms with Crippen LogP contribution in [0, 0.1) is 0 Å². The fourth-order valence-corrected chi connectivity index (χ4v) is 2.02. The number of rotatable bonds is 3. The van der Waals surface area contributed by atoms with E-state index in [9.17, 15) is 0 Å². The molecule has 76 valence electrons. The van der Waals surface area contributed by atoms with Crippen molar-refractivity contribution in [3.8, 4) is 0 Å². The van der Waals surface area contributed by atoms with E-state index in [4.69, 9.17) is 10.8 Å². The summed E-state index contributed by atoms with van der Waals surface area (Å²) in [5.41, 5.74) is 9.30. The molecule has 0 fully saturated rings. The van der Waals surface area contributed by atoms with Crippen LogP contribution < -0.4 is 10.6 Å². The third-order valence-electron chi connectivity index (χ3n) is 2.75. The molecule has 0 saturated carbocycles. The first-order valence-corrected chi connectivity index (χ1v) is 5.06. The van der Waals surface area contributed by atoms with Gasteiger partial charge in [-0.15, -0.1) is 0 Å². The maximum Gasteiger partial charge on any atom is 0.0447 e. The van der Waals surface area contributed by atoms with E-state index in [0.717, 1.165) is 31.6 Å². The first kappa shape index (κ1) is 9.34. The second kappa shape index (κ2) is 3.88. The highest BCUT2D eigenvalue weighted by Gasteiger charge is 2.19. The summed E-state index contributed by atoms with van der Waals surface area (Å²) < 4.78 is 0. The molecule has 0 aromatic heterocycles. The van der Waals surface area contributed by atoms with Crippen LogP contribution in [0.25, 0.3) is 0 Å². The smallest absolute Gasteiger partial charge is 0.0447 e. The van der Waals surface area contributed by atoms with E-state index in [1.165, 1.54) is 11.3 Å². The molecule has 0 saturated heterocycles. The molecule has 2 rings (SSSR count). The number of hydrogen-bond donors (Lipinski definition) is 2. The molecule has 3 heteroatoms. The molecule has 1 aromatic carbocycles. The van der Waals surface area contributed by atoms with Crippen molar-refractivity contribution < 1.29 is 5.11 Å². The van der Waals surface area contributed by atoms with Gasteiger partial charge in [-0.25, -0.2) is 0 Å². The van der Waals surface area contributed by atoms with Crippen LogP contribution in [0.1, 0.15) is 12.0 Å². The minimum Gasteiger partial charge on any atom is -0.398 e. The molecule has 1 aliphatic rings. The second-order valence-electron chi connectivity index (χ2n) is 3.66. The number of benzene rings is 1. The summed E-state index contributed by atoms with van der Waals surface area (Å²) in [5, 5.41) is 8.78. The van der Waals surface area contributed by atoms with Crippen LogP contribution in [0.2, 0.25) is 0 Å². The van der Waals surface area contributed by atoms with Gasteiger partial charge in [-0.05, 0) is 25.0 Å². The molecule has 1 aliphatic heterocycles. The largest absolute Gasteiger partial charge is 0.398 e. The van der Waals surface area contributed by atoms with E-state index in [-0.39, 0.29) is 6.61 Å². The van der Waals surface area contributed by atoms with Crippen molar-refractivity contribution in [1.82, 2.24) is 0 Å². The first-order chi connectivity index (χ1) is 6.83. The Labute approximate surface area is 84.1 Å². The number of aliphatic hydroxyl groups excluding tert-OH is 1. The standard InChI is InChI=1S/C11H16N2O/c12-10-3-1-4-11-9(10)5-7-13(11)6-2-8-14/h1,3-4,14H,2,5-8,12H2. The zero-order chi connectivity index (χ0) is 9.97. The number of hydrogen-bond acceptors (Lipinski definition) is 3. The lowest BCUT2D eigenvalue weighted by Gasteiger charge is -2.18. The molecular weight excluding hydrogens is 176 g/mol. The Kier molecular flexibility index (Phi) is 2.59. The van der Waals surface area contributed by atoms with Gasteiger partial charge in [0.25, 0.3) is 0 Å². The monoisotopic (exact) mass is 192 g/mol. The predicted molar refractivity (Wildman–Crippen MR) is 58.5 cm³/mol. The normalized spacial score (nSPS) is 14.5. The minimum absolute atomic E-state index is 0.258. The van der Waals surface area contributed by atoms with Crippen molar-refractivity contribution in [1.29, 1.82) is 0 Å². The lowest BCUT2D eigenvalue weighted by Crippen LogP contribution is -2.22. The van der Waals surface area contributed by atoms with Gasteiger partial charge in [-0.1, -0.05) is 6.07 Å². The maximum atomic E-state index is 8.78. The number of anilines is 2. The van der Waals surface area contributed by atoms with Gasteiger partial charge in [0.05, 0.1) is 0 Å². The highest BCUT2D eigenvalue weighted by molar-refractivity contribution is 5.68. The fourth-order valence-electron chi connectivity index (χ4n) is 2.02. The van der Waals surface area contributed by atoms with Gasteiger partial charge < -0.3 is 15.7 Å². The Balaban J connectivity index is 2.18. The van der Waals surface area contributed by atoms with E-state index in [2.05, 4.69) is 11.0 Å². The van der Waals surface area contributed by atoms with Crippen LogP contribution >= 0.6 is 0 Å². The molecule has 0 radical (unpaired) electrons. The van der Waals surface area contributed by atoms with Crippen molar-refractivity contribution >= 4 is 11.4 Å². The van der Waals surface area contributed by atoms with Gasteiger partial charge >= 0.3 is 0 Å². The molecule has 1 aromatic rings. The van der Waals surface area contributed by atoms with E-state index < -0.39 is 0 Å². The Bertz CT molecular complexity index is 325. The predicted octanol–water partition coefficient (Wildman–Crippen LogP) is 1.01. The third kappa shape index (κ3) is 1.55. The Morgan fingerprint density at radius 3 is 3.07 bits per heavy atom. The molecule has 14 heavy (non-hydrogen) atoms. The molecule has 3 nitrogen and oxygen atoms in total. The molecule has 3 N–H and O–H groups in total. The molecule has 0 aliphatic carbocycles. The number of nitrogen functional groups attached to an aromatic ring is 1. The number of fused-ring (bicyclic) bond motifs is 1. The average Bonchev–Trinajstić information content (AvgIpc) is 2.60. The highest BCUT2D eigenvalue weighted by Crippen LogP contribution is 2.31. The van der Waals surface area contributed by atoms with Gasteiger partial charge in [0.2, 0.25) is 0 Å². The van der Waals surface area contributed by atoms with Crippen molar-refractivity contribution in [2.45, 2.75) is 12.8 Å². The minimum atomic E-state index is 0.258. The zero-order valence-corrected chi connectivity index (χ0v) is 8.24. The molecular formula is C11H16N2O. The van der Waals surface area contributed by atoms with Crippen LogP contribution in [-0.2, 0) is 6.42 Å². The van der Waals surface area contributed by atoms with Crippen molar-refractivity contribution in [2.75, 3.05) is 30.3 Å². The molecule has 0 amide bonds. The van der Waals surface area contributed by atoms with E-state index in [1.807, 2.05) is 12.1 Å². The quantitative estimate of drug-likeness (QED) is 0.703. The summed E-state index contributed by atoms with van der Waals surface area (Å²) in [5.74, 6) is 0. The van der Waals surface area contributed by atoms with Crippen molar-refractivity contribution in [2.24, 2.45) is 0 Å². The Morgan fingerprint density at radius 1 is 1.43 bits per heavy atom.